The number of carbonyl (C=O) groups excluding carboxylic acids is 2. The second-order valence-corrected chi connectivity index (χ2v) is 10.8. The van der Waals surface area contributed by atoms with Crippen LogP contribution in [-0.4, -0.2) is 55.6 Å². The van der Waals surface area contributed by atoms with Crippen LogP contribution in [0.15, 0.2) is 79.5 Å². The minimum Gasteiger partial charge on any atom is -0.445 e. The number of pyridine rings is 1. The Balaban J connectivity index is 1.62. The number of aromatic nitrogens is 1. The third-order valence-corrected chi connectivity index (χ3v) is 7.26. The first-order valence-corrected chi connectivity index (χ1v) is 13.9. The molecule has 9 heteroatoms. The number of likely N-dealkylation sites (tertiary alicyclic amines) is 1. The summed E-state index contributed by atoms with van der Waals surface area (Å²) in [6.07, 6.45) is 4.46. The zero-order chi connectivity index (χ0) is 26.4. The van der Waals surface area contributed by atoms with Crippen LogP contribution < -0.4 is 0 Å². The number of nitrogens with zero attached hydrogens (tertiary/aromatic N) is 2. The Bertz CT molecular complexity index is 1370. The maximum Gasteiger partial charge on any atom is 0.410 e. The van der Waals surface area contributed by atoms with Crippen molar-refractivity contribution in [2.75, 3.05) is 19.4 Å². The third-order valence-electron chi connectivity index (χ3n) is 6.66. The van der Waals surface area contributed by atoms with Crippen molar-refractivity contribution in [2.45, 2.75) is 25.5 Å². The van der Waals surface area contributed by atoms with Crippen molar-refractivity contribution in [3.63, 3.8) is 0 Å². The van der Waals surface area contributed by atoms with Gasteiger partial charge in [0.15, 0.2) is 5.78 Å². The smallest absolute Gasteiger partial charge is 0.410 e. The molecule has 1 amide bonds. The fourth-order valence-electron chi connectivity index (χ4n) is 4.78. The van der Waals surface area contributed by atoms with Crippen LogP contribution in [0, 0.1) is 11.8 Å². The van der Waals surface area contributed by atoms with Gasteiger partial charge in [0.25, 0.3) is 10.1 Å². The van der Waals surface area contributed by atoms with Gasteiger partial charge in [-0.25, -0.2) is 4.79 Å². The topological polar surface area (TPSA) is 103 Å². The largest absolute Gasteiger partial charge is 0.445 e. The molecular formula is C28H30N2O6S. The molecule has 2 heterocycles. The van der Waals surface area contributed by atoms with E-state index in [-0.39, 0.29) is 37.4 Å². The van der Waals surface area contributed by atoms with Gasteiger partial charge in [0.05, 0.1) is 24.4 Å². The highest BCUT2D eigenvalue weighted by Crippen LogP contribution is 2.34. The molecule has 8 nitrogen and oxygen atoms in total. The fourth-order valence-corrected chi connectivity index (χ4v) is 5.18. The average molecular weight is 523 g/mol. The van der Waals surface area contributed by atoms with Crippen LogP contribution in [0.4, 0.5) is 4.79 Å². The molecule has 1 fully saturated rings. The van der Waals surface area contributed by atoms with Crippen molar-refractivity contribution in [2.24, 2.45) is 11.8 Å². The molecule has 1 aliphatic heterocycles. The highest BCUT2D eigenvalue weighted by Gasteiger charge is 2.41. The number of hydrogen-bond acceptors (Lipinski definition) is 7. The third kappa shape index (κ3) is 6.61. The normalized spacial score (nSPS) is 19.9. The summed E-state index contributed by atoms with van der Waals surface area (Å²) < 4.78 is 33.5. The van der Waals surface area contributed by atoms with E-state index >= 15 is 0 Å². The second-order valence-electron chi connectivity index (χ2n) is 9.16. The van der Waals surface area contributed by atoms with Gasteiger partial charge < -0.3 is 4.74 Å². The number of ketones is 1. The second kappa shape index (κ2) is 11.7. The maximum absolute atomic E-state index is 13.9. The summed E-state index contributed by atoms with van der Waals surface area (Å²) in [5, 5.41) is 0.704. The molecule has 0 aliphatic carbocycles. The summed E-state index contributed by atoms with van der Waals surface area (Å²) in [4.78, 5) is 33.1. The molecule has 4 rings (SSSR count). The van der Waals surface area contributed by atoms with Crippen LogP contribution in [0.25, 0.3) is 10.9 Å². The SMILES string of the molecule is C=C[C@@H]1CN(C(=O)OCc2ccccc2)[C@@H](C(=O)c2ccnc3ccccc23)C[C@H]1CCOS(C)(=O)=O. The molecule has 1 aromatic heterocycles. The highest BCUT2D eigenvalue weighted by molar-refractivity contribution is 7.85. The number of Topliss-reactive ketones (excluding diaryl/α,β-unsaturated/α-hetero) is 1. The molecule has 0 bridgehead atoms. The van der Waals surface area contributed by atoms with Gasteiger partial charge in [0.1, 0.15) is 6.61 Å². The Kier molecular flexibility index (Phi) is 8.35. The Morgan fingerprint density at radius 2 is 1.84 bits per heavy atom. The van der Waals surface area contributed by atoms with E-state index in [0.717, 1.165) is 11.8 Å². The van der Waals surface area contributed by atoms with Gasteiger partial charge in [-0.2, -0.15) is 8.42 Å². The Morgan fingerprint density at radius 1 is 1.11 bits per heavy atom. The summed E-state index contributed by atoms with van der Waals surface area (Å²) in [6.45, 7) is 4.21. The van der Waals surface area contributed by atoms with Crippen molar-refractivity contribution in [3.05, 3.63) is 90.6 Å². The highest BCUT2D eigenvalue weighted by atomic mass is 32.2. The fraction of sp³-hybridized carbons (Fsp3) is 0.321. The molecule has 37 heavy (non-hydrogen) atoms. The van der Waals surface area contributed by atoms with Crippen LogP contribution in [0.2, 0.25) is 0 Å². The van der Waals surface area contributed by atoms with E-state index in [9.17, 15) is 18.0 Å². The van der Waals surface area contributed by atoms with Crippen LogP contribution >= 0.6 is 0 Å². The molecule has 0 unspecified atom stereocenters. The number of amides is 1. The molecule has 1 aliphatic rings. The first kappa shape index (κ1) is 26.5. The maximum atomic E-state index is 13.9. The van der Waals surface area contributed by atoms with Crippen LogP contribution in [-0.2, 0) is 25.6 Å². The molecular weight excluding hydrogens is 492 g/mol. The zero-order valence-corrected chi connectivity index (χ0v) is 21.5. The Hall–Kier alpha value is -3.56. The van der Waals surface area contributed by atoms with E-state index < -0.39 is 22.3 Å². The van der Waals surface area contributed by atoms with Gasteiger partial charge >= 0.3 is 6.09 Å². The van der Waals surface area contributed by atoms with E-state index in [0.29, 0.717) is 29.3 Å². The zero-order valence-electron chi connectivity index (χ0n) is 20.7. The molecule has 1 saturated heterocycles. The van der Waals surface area contributed by atoms with Crippen molar-refractivity contribution in [1.29, 1.82) is 0 Å². The van der Waals surface area contributed by atoms with Gasteiger partial charge in [-0.05, 0) is 42.4 Å². The van der Waals surface area contributed by atoms with Gasteiger partial charge in [0, 0.05) is 23.7 Å². The van der Waals surface area contributed by atoms with E-state index in [4.69, 9.17) is 8.92 Å². The van der Waals surface area contributed by atoms with Gasteiger partial charge in [-0.1, -0.05) is 54.6 Å². The number of hydrogen-bond donors (Lipinski definition) is 0. The monoisotopic (exact) mass is 522 g/mol. The van der Waals surface area contributed by atoms with Crippen molar-refractivity contribution in [1.82, 2.24) is 9.88 Å². The molecule has 0 radical (unpaired) electrons. The average Bonchev–Trinajstić information content (AvgIpc) is 2.90. The van der Waals surface area contributed by atoms with E-state index in [1.807, 2.05) is 54.6 Å². The lowest BCUT2D eigenvalue weighted by Crippen LogP contribution is -2.53. The van der Waals surface area contributed by atoms with E-state index in [1.54, 1.807) is 18.3 Å². The van der Waals surface area contributed by atoms with Crippen LogP contribution in [0.1, 0.15) is 28.8 Å². The standard InChI is InChI=1S/C28H30N2O6S/c1-3-21-18-30(28(32)35-19-20-9-5-4-6-10-20)26(17-22(21)14-16-36-37(2,33)34)27(31)24-13-15-29-25-12-8-7-11-23(24)25/h3-13,15,21-22,26H,1,14,16-19H2,2H3/t21-,22-,26-/m1/s1. The number of carbonyl (C=O) groups is 2. The van der Waals surface area contributed by atoms with Crippen LogP contribution in [0.3, 0.4) is 0 Å². The summed E-state index contributed by atoms with van der Waals surface area (Å²) >= 11 is 0. The Labute approximate surface area is 217 Å². The van der Waals surface area contributed by atoms with Crippen LogP contribution in [0.5, 0.6) is 0 Å². The summed E-state index contributed by atoms with van der Waals surface area (Å²) in [5.41, 5.74) is 2.00. The predicted octanol–water partition coefficient (Wildman–Crippen LogP) is 4.61. The first-order valence-electron chi connectivity index (χ1n) is 12.1. The first-order chi connectivity index (χ1) is 17.8. The van der Waals surface area contributed by atoms with E-state index in [1.165, 1.54) is 4.90 Å². The molecule has 3 aromatic rings. The molecule has 2 aromatic carbocycles. The number of piperidine rings is 1. The summed E-state index contributed by atoms with van der Waals surface area (Å²) in [7, 11) is -3.59. The van der Waals surface area contributed by atoms with Gasteiger partial charge in [-0.15, -0.1) is 6.58 Å². The lowest BCUT2D eigenvalue weighted by atomic mass is 9.78. The minimum atomic E-state index is -3.59. The molecule has 0 spiro atoms. The number of benzene rings is 2. The lowest BCUT2D eigenvalue weighted by Gasteiger charge is -2.42. The summed E-state index contributed by atoms with van der Waals surface area (Å²) in [6, 6.07) is 17.6. The molecule has 0 saturated carbocycles. The number of fused-ring (bicyclic) bond motifs is 1. The Morgan fingerprint density at radius 3 is 2.57 bits per heavy atom. The van der Waals surface area contributed by atoms with E-state index in [2.05, 4.69) is 11.6 Å². The van der Waals surface area contributed by atoms with Crippen molar-refractivity contribution in [3.8, 4) is 0 Å². The summed E-state index contributed by atoms with van der Waals surface area (Å²) in [5.74, 6) is -0.489. The quantitative estimate of drug-likeness (QED) is 0.230. The molecule has 0 N–H and O–H groups in total. The number of ether oxygens (including phenoxy) is 1. The van der Waals surface area contributed by atoms with Crippen molar-refractivity contribution >= 4 is 32.9 Å². The molecule has 194 valence electrons. The minimum absolute atomic E-state index is 0.00854. The van der Waals surface area contributed by atoms with Gasteiger partial charge in [-0.3, -0.25) is 18.9 Å². The number of rotatable bonds is 9. The van der Waals surface area contributed by atoms with Gasteiger partial charge in [0.2, 0.25) is 0 Å². The molecule has 3 atom stereocenters. The number of para-hydroxylation sites is 1. The lowest BCUT2D eigenvalue weighted by molar-refractivity contribution is 0.0359. The van der Waals surface area contributed by atoms with Crippen molar-refractivity contribution < 1.29 is 26.9 Å². The predicted molar refractivity (Wildman–Crippen MR) is 140 cm³/mol.